The Kier molecular flexibility index (Phi) is 4.37. The first-order chi connectivity index (χ1) is 11.0. The van der Waals surface area contributed by atoms with Gasteiger partial charge >= 0.3 is 0 Å². The van der Waals surface area contributed by atoms with Crippen molar-refractivity contribution in [1.82, 2.24) is 14.9 Å². The number of thioether (sulfide) groups is 1. The predicted molar refractivity (Wildman–Crippen MR) is 89.4 cm³/mol. The van der Waals surface area contributed by atoms with Crippen LogP contribution < -0.4 is 0 Å². The van der Waals surface area contributed by atoms with Gasteiger partial charge in [-0.05, 0) is 30.7 Å². The number of amides is 1. The smallest absolute Gasteiger partial charge is 0.257 e. The number of carbonyl (C=O) groups is 1. The maximum Gasteiger partial charge on any atom is 0.257 e. The quantitative estimate of drug-likeness (QED) is 0.691. The second-order valence-corrected chi connectivity index (χ2v) is 6.56. The Hall–Kier alpha value is -1.92. The lowest BCUT2D eigenvalue weighted by Gasteiger charge is -2.25. The van der Waals surface area contributed by atoms with Crippen LogP contribution in [0.15, 0.2) is 41.8 Å². The van der Waals surface area contributed by atoms with Crippen molar-refractivity contribution < 1.29 is 9.90 Å². The minimum atomic E-state index is -0.985. The highest BCUT2D eigenvalue weighted by Crippen LogP contribution is 2.34. The number of benzene rings is 1. The molecule has 1 fully saturated rings. The first kappa shape index (κ1) is 16.0. The molecular formula is C17H19N3O2S. The van der Waals surface area contributed by atoms with E-state index in [1.807, 2.05) is 37.4 Å². The van der Waals surface area contributed by atoms with E-state index in [-0.39, 0.29) is 5.91 Å². The van der Waals surface area contributed by atoms with Gasteiger partial charge in [0, 0.05) is 18.9 Å². The van der Waals surface area contributed by atoms with Crippen LogP contribution in [0.1, 0.15) is 27.9 Å². The molecule has 1 saturated heterocycles. The van der Waals surface area contributed by atoms with Crippen molar-refractivity contribution in [3.05, 3.63) is 53.3 Å². The van der Waals surface area contributed by atoms with Gasteiger partial charge in [-0.3, -0.25) is 4.79 Å². The van der Waals surface area contributed by atoms with Crippen LogP contribution in [0, 0.1) is 6.92 Å². The summed E-state index contributed by atoms with van der Waals surface area (Å²) in [5.74, 6) is -0.137. The number of aliphatic hydroxyl groups is 1. The highest BCUT2D eigenvalue weighted by atomic mass is 32.2. The van der Waals surface area contributed by atoms with Gasteiger partial charge in [0.05, 0.1) is 12.1 Å². The molecule has 1 aromatic heterocycles. The fraction of sp³-hybridized carbons (Fsp3) is 0.353. The van der Waals surface area contributed by atoms with Crippen LogP contribution in [0.4, 0.5) is 0 Å². The Bertz CT molecular complexity index is 720. The lowest BCUT2D eigenvalue weighted by Crippen LogP contribution is -2.35. The molecule has 3 rings (SSSR count). The van der Waals surface area contributed by atoms with Gasteiger partial charge in [-0.25, -0.2) is 9.97 Å². The van der Waals surface area contributed by atoms with Gasteiger partial charge in [-0.1, -0.05) is 36.0 Å². The summed E-state index contributed by atoms with van der Waals surface area (Å²) < 4.78 is 0. The molecule has 0 spiro atoms. The molecule has 1 amide bonds. The molecule has 2 heterocycles. The molecule has 1 aliphatic heterocycles. The average Bonchev–Trinajstić information content (AvgIpc) is 2.98. The second kappa shape index (κ2) is 6.29. The van der Waals surface area contributed by atoms with Crippen LogP contribution in [-0.2, 0) is 5.60 Å². The van der Waals surface area contributed by atoms with E-state index in [0.717, 1.165) is 11.1 Å². The molecule has 6 heteroatoms. The normalized spacial score (nSPS) is 20.7. The molecule has 1 aliphatic rings. The molecule has 0 bridgehead atoms. The van der Waals surface area contributed by atoms with E-state index in [2.05, 4.69) is 9.97 Å². The number of hydrogen-bond acceptors (Lipinski definition) is 5. The Balaban J connectivity index is 1.78. The molecule has 120 valence electrons. The third-order valence-corrected chi connectivity index (χ3v) is 4.82. The molecule has 0 radical (unpaired) electrons. The topological polar surface area (TPSA) is 66.3 Å². The zero-order valence-corrected chi connectivity index (χ0v) is 14.0. The van der Waals surface area contributed by atoms with Gasteiger partial charge in [0.15, 0.2) is 5.16 Å². The van der Waals surface area contributed by atoms with Gasteiger partial charge in [0.25, 0.3) is 5.91 Å². The molecule has 0 aliphatic carbocycles. The summed E-state index contributed by atoms with van der Waals surface area (Å²) in [6, 6.07) is 7.77. The zero-order chi connectivity index (χ0) is 16.4. The summed E-state index contributed by atoms with van der Waals surface area (Å²) in [6.45, 7) is 2.79. The minimum Gasteiger partial charge on any atom is -0.383 e. The fourth-order valence-corrected chi connectivity index (χ4v) is 3.31. The summed E-state index contributed by atoms with van der Waals surface area (Å²) in [5, 5.41) is 11.6. The Morgan fingerprint density at radius 2 is 2.00 bits per heavy atom. The molecule has 2 aromatic rings. The molecule has 1 atom stereocenters. The number of carbonyl (C=O) groups excluding carboxylic acids is 1. The van der Waals surface area contributed by atoms with Crippen molar-refractivity contribution in [3.63, 3.8) is 0 Å². The van der Waals surface area contributed by atoms with Crippen molar-refractivity contribution in [2.45, 2.75) is 24.1 Å². The predicted octanol–water partition coefficient (Wildman–Crippen LogP) is 2.24. The van der Waals surface area contributed by atoms with Gasteiger partial charge in [0.2, 0.25) is 0 Å². The van der Waals surface area contributed by atoms with E-state index in [1.165, 1.54) is 11.8 Å². The third kappa shape index (κ3) is 3.09. The van der Waals surface area contributed by atoms with Gasteiger partial charge < -0.3 is 10.0 Å². The van der Waals surface area contributed by atoms with Gasteiger partial charge in [-0.15, -0.1) is 0 Å². The van der Waals surface area contributed by atoms with Crippen LogP contribution in [0.25, 0.3) is 0 Å². The summed E-state index contributed by atoms with van der Waals surface area (Å²) in [6.07, 6.45) is 5.52. The van der Waals surface area contributed by atoms with Crippen LogP contribution in [-0.4, -0.2) is 45.2 Å². The number of hydrogen-bond donors (Lipinski definition) is 1. The largest absolute Gasteiger partial charge is 0.383 e. The molecule has 1 unspecified atom stereocenters. The number of nitrogens with zero attached hydrogens (tertiary/aromatic N) is 3. The van der Waals surface area contributed by atoms with Crippen molar-refractivity contribution >= 4 is 17.7 Å². The van der Waals surface area contributed by atoms with Gasteiger partial charge in [0.1, 0.15) is 5.60 Å². The standard InChI is InChI=1S/C17H19N3O2S/c1-12-5-3-4-6-14(12)17(22)7-8-20(11-17)15(21)13-9-18-16(23-2)19-10-13/h3-6,9-10,22H,7-8,11H2,1-2H3. The monoisotopic (exact) mass is 329 g/mol. The van der Waals surface area contributed by atoms with Crippen LogP contribution in [0.2, 0.25) is 0 Å². The Morgan fingerprint density at radius 3 is 2.65 bits per heavy atom. The summed E-state index contributed by atoms with van der Waals surface area (Å²) in [4.78, 5) is 22.5. The number of aromatic nitrogens is 2. The number of rotatable bonds is 3. The number of likely N-dealkylation sites (tertiary alicyclic amines) is 1. The minimum absolute atomic E-state index is 0.137. The molecule has 0 saturated carbocycles. The van der Waals surface area contributed by atoms with Crippen molar-refractivity contribution in [1.29, 1.82) is 0 Å². The van der Waals surface area contributed by atoms with Crippen LogP contribution in [0.5, 0.6) is 0 Å². The lowest BCUT2D eigenvalue weighted by atomic mass is 9.89. The van der Waals surface area contributed by atoms with Crippen molar-refractivity contribution in [2.24, 2.45) is 0 Å². The molecular weight excluding hydrogens is 310 g/mol. The fourth-order valence-electron chi connectivity index (χ4n) is 3.00. The van der Waals surface area contributed by atoms with E-state index in [0.29, 0.717) is 30.2 Å². The van der Waals surface area contributed by atoms with Gasteiger partial charge in [-0.2, -0.15) is 0 Å². The third-order valence-electron chi connectivity index (χ3n) is 4.24. The first-order valence-corrected chi connectivity index (χ1v) is 8.70. The second-order valence-electron chi connectivity index (χ2n) is 5.78. The number of β-amino-alcohol motifs (C(OH)–C–C–N with tert-alkyl or cyclic N) is 1. The van der Waals surface area contributed by atoms with E-state index >= 15 is 0 Å². The number of aryl methyl sites for hydroxylation is 1. The summed E-state index contributed by atoms with van der Waals surface area (Å²) in [5.41, 5.74) is 1.40. The molecule has 5 nitrogen and oxygen atoms in total. The van der Waals surface area contributed by atoms with E-state index in [9.17, 15) is 9.90 Å². The van der Waals surface area contributed by atoms with Crippen LogP contribution in [0.3, 0.4) is 0 Å². The molecule has 1 aromatic carbocycles. The Morgan fingerprint density at radius 1 is 1.30 bits per heavy atom. The first-order valence-electron chi connectivity index (χ1n) is 7.47. The highest BCUT2D eigenvalue weighted by Gasteiger charge is 2.40. The Labute approximate surface area is 139 Å². The molecule has 23 heavy (non-hydrogen) atoms. The SMILES string of the molecule is CSc1ncc(C(=O)N2CCC(O)(c3ccccc3C)C2)cn1. The van der Waals surface area contributed by atoms with E-state index in [1.54, 1.807) is 17.3 Å². The average molecular weight is 329 g/mol. The van der Waals surface area contributed by atoms with Crippen molar-refractivity contribution in [3.8, 4) is 0 Å². The maximum atomic E-state index is 12.6. The highest BCUT2D eigenvalue weighted by molar-refractivity contribution is 7.98. The zero-order valence-electron chi connectivity index (χ0n) is 13.2. The maximum absolute atomic E-state index is 12.6. The van der Waals surface area contributed by atoms with Crippen molar-refractivity contribution in [2.75, 3.05) is 19.3 Å². The lowest BCUT2D eigenvalue weighted by molar-refractivity contribution is 0.0412. The summed E-state index contributed by atoms with van der Waals surface area (Å²) in [7, 11) is 0. The van der Waals surface area contributed by atoms with E-state index in [4.69, 9.17) is 0 Å². The molecule has 1 N–H and O–H groups in total. The summed E-state index contributed by atoms with van der Waals surface area (Å²) >= 11 is 1.43. The van der Waals surface area contributed by atoms with Crippen LogP contribution >= 0.6 is 11.8 Å². The van der Waals surface area contributed by atoms with E-state index < -0.39 is 5.60 Å².